The number of halogens is 1. The maximum Gasteiger partial charge on any atom is 0.253 e. The van der Waals surface area contributed by atoms with Crippen LogP contribution in [0, 0.1) is 0 Å². The van der Waals surface area contributed by atoms with Gasteiger partial charge in [-0.15, -0.1) is 0 Å². The van der Waals surface area contributed by atoms with Crippen molar-refractivity contribution in [1.82, 2.24) is 20.1 Å². The Bertz CT molecular complexity index is 888. The Morgan fingerprint density at radius 3 is 2.67 bits per heavy atom. The zero-order valence-corrected chi connectivity index (χ0v) is 14.6. The first-order chi connectivity index (χ1) is 11.5. The first-order valence-corrected chi connectivity index (χ1v) is 8.23. The summed E-state index contributed by atoms with van der Waals surface area (Å²) in [6, 6.07) is 9.32. The summed E-state index contributed by atoms with van der Waals surface area (Å²) in [6.45, 7) is 5.99. The van der Waals surface area contributed by atoms with E-state index in [1.54, 1.807) is 12.4 Å². The van der Waals surface area contributed by atoms with Crippen LogP contribution in [0.15, 0.2) is 42.7 Å². The molecule has 1 atom stereocenters. The van der Waals surface area contributed by atoms with Crippen molar-refractivity contribution in [3.63, 3.8) is 0 Å². The summed E-state index contributed by atoms with van der Waals surface area (Å²) < 4.78 is 1.84. The lowest BCUT2D eigenvalue weighted by Gasteiger charge is -2.15. The van der Waals surface area contributed by atoms with Gasteiger partial charge < -0.3 is 5.32 Å². The number of carbonyl (C=O) groups is 1. The molecule has 1 aromatic carbocycles. The molecule has 0 radical (unpaired) electrons. The third-order valence-corrected chi connectivity index (χ3v) is 4.25. The summed E-state index contributed by atoms with van der Waals surface area (Å²) in [5.74, 6) is -0.186. The van der Waals surface area contributed by atoms with Gasteiger partial charge in [0.15, 0.2) is 5.65 Å². The second kappa shape index (κ2) is 6.61. The van der Waals surface area contributed by atoms with E-state index in [4.69, 9.17) is 11.6 Å². The van der Waals surface area contributed by atoms with Crippen LogP contribution < -0.4 is 5.32 Å². The van der Waals surface area contributed by atoms with E-state index in [2.05, 4.69) is 15.4 Å². The fraction of sp³-hybridized carbons (Fsp3) is 0.278. The zero-order valence-electron chi connectivity index (χ0n) is 13.8. The molecule has 1 amide bonds. The lowest BCUT2D eigenvalue weighted by Crippen LogP contribution is -2.26. The summed E-state index contributed by atoms with van der Waals surface area (Å²) >= 11 is 6.18. The number of hydrogen-bond donors (Lipinski definition) is 1. The van der Waals surface area contributed by atoms with Crippen molar-refractivity contribution in [2.45, 2.75) is 32.9 Å². The van der Waals surface area contributed by atoms with Crippen LogP contribution in [-0.4, -0.2) is 20.7 Å². The number of aromatic nitrogens is 3. The number of pyridine rings is 1. The lowest BCUT2D eigenvalue weighted by atomic mass is 10.1. The minimum atomic E-state index is -0.194. The average molecular weight is 343 g/mol. The number of nitrogens with one attached hydrogen (secondary N) is 1. The van der Waals surface area contributed by atoms with Gasteiger partial charge in [-0.2, -0.15) is 5.10 Å². The van der Waals surface area contributed by atoms with Gasteiger partial charge in [-0.05, 0) is 38.5 Å². The van der Waals surface area contributed by atoms with Crippen LogP contribution in [0.1, 0.15) is 48.8 Å². The maximum absolute atomic E-state index is 12.5. The number of fused-ring (bicyclic) bond motifs is 1. The van der Waals surface area contributed by atoms with Crippen LogP contribution in [0.3, 0.4) is 0 Å². The molecule has 0 unspecified atom stereocenters. The number of benzene rings is 1. The van der Waals surface area contributed by atoms with Gasteiger partial charge in [0.1, 0.15) is 0 Å². The fourth-order valence-corrected chi connectivity index (χ4v) is 2.93. The molecule has 0 spiro atoms. The van der Waals surface area contributed by atoms with E-state index in [0.29, 0.717) is 10.6 Å². The Morgan fingerprint density at radius 1 is 1.21 bits per heavy atom. The highest BCUT2D eigenvalue weighted by molar-refractivity contribution is 6.31. The van der Waals surface area contributed by atoms with E-state index in [9.17, 15) is 4.79 Å². The first-order valence-electron chi connectivity index (χ1n) is 7.86. The van der Waals surface area contributed by atoms with Crippen LogP contribution in [-0.2, 0) is 0 Å². The lowest BCUT2D eigenvalue weighted by molar-refractivity contribution is 0.0939. The molecule has 3 rings (SSSR count). The number of rotatable bonds is 4. The van der Waals surface area contributed by atoms with E-state index >= 15 is 0 Å². The molecule has 1 N–H and O–H groups in total. The third-order valence-electron chi connectivity index (χ3n) is 3.90. The van der Waals surface area contributed by atoms with Gasteiger partial charge in [-0.25, -0.2) is 9.67 Å². The molecule has 6 heteroatoms. The summed E-state index contributed by atoms with van der Waals surface area (Å²) in [4.78, 5) is 16.9. The minimum Gasteiger partial charge on any atom is -0.345 e. The van der Waals surface area contributed by atoms with E-state index in [1.807, 2.05) is 55.8 Å². The van der Waals surface area contributed by atoms with Crippen LogP contribution in [0.2, 0.25) is 5.02 Å². The monoisotopic (exact) mass is 342 g/mol. The standard InChI is InChI=1S/C18H19ClN4O/c1-11(2)23-17-13(10-21-23)8-14(9-20-17)18(24)22-12(3)15-6-4-5-7-16(15)19/h4-12H,1-3H3,(H,22,24)/t12-/m0/s1. The number of carbonyl (C=O) groups excluding carboxylic acids is 1. The molecule has 0 aliphatic carbocycles. The van der Waals surface area contributed by atoms with Crippen LogP contribution >= 0.6 is 11.6 Å². The van der Waals surface area contributed by atoms with Crippen molar-refractivity contribution in [2.75, 3.05) is 0 Å². The summed E-state index contributed by atoms with van der Waals surface area (Å²) in [6.07, 6.45) is 3.31. The van der Waals surface area contributed by atoms with Crippen LogP contribution in [0.4, 0.5) is 0 Å². The zero-order chi connectivity index (χ0) is 17.3. The molecule has 24 heavy (non-hydrogen) atoms. The van der Waals surface area contributed by atoms with Crippen molar-refractivity contribution in [3.8, 4) is 0 Å². The minimum absolute atomic E-state index is 0.186. The molecule has 0 saturated heterocycles. The highest BCUT2D eigenvalue weighted by Crippen LogP contribution is 2.23. The van der Waals surface area contributed by atoms with Crippen LogP contribution in [0.25, 0.3) is 11.0 Å². The number of amides is 1. The predicted molar refractivity (Wildman–Crippen MR) is 95.2 cm³/mol. The summed E-state index contributed by atoms with van der Waals surface area (Å²) in [5, 5.41) is 8.76. The van der Waals surface area contributed by atoms with Gasteiger partial charge in [-0.3, -0.25) is 4.79 Å². The van der Waals surface area contributed by atoms with Gasteiger partial charge in [0.25, 0.3) is 5.91 Å². The smallest absolute Gasteiger partial charge is 0.253 e. The van der Waals surface area contributed by atoms with Gasteiger partial charge in [0.05, 0.1) is 17.8 Å². The topological polar surface area (TPSA) is 59.8 Å². The van der Waals surface area contributed by atoms with Crippen molar-refractivity contribution < 1.29 is 4.79 Å². The van der Waals surface area contributed by atoms with Crippen molar-refractivity contribution >= 4 is 28.5 Å². The normalized spacial score (nSPS) is 12.5. The Kier molecular flexibility index (Phi) is 4.53. The first kappa shape index (κ1) is 16.5. The van der Waals surface area contributed by atoms with E-state index in [1.165, 1.54) is 0 Å². The highest BCUT2D eigenvalue weighted by Gasteiger charge is 2.15. The Labute approximate surface area is 145 Å². The van der Waals surface area contributed by atoms with Crippen molar-refractivity contribution in [3.05, 3.63) is 58.9 Å². The number of hydrogen-bond acceptors (Lipinski definition) is 3. The van der Waals surface area contributed by atoms with Crippen molar-refractivity contribution in [1.29, 1.82) is 0 Å². The van der Waals surface area contributed by atoms with Crippen LogP contribution in [0.5, 0.6) is 0 Å². The molecule has 124 valence electrons. The highest BCUT2D eigenvalue weighted by atomic mass is 35.5. The molecule has 2 aromatic heterocycles. The summed E-state index contributed by atoms with van der Waals surface area (Å²) in [5.41, 5.74) is 2.17. The molecule has 2 heterocycles. The van der Waals surface area contributed by atoms with Gasteiger partial charge in [0.2, 0.25) is 0 Å². The molecule has 0 bridgehead atoms. The Morgan fingerprint density at radius 2 is 1.96 bits per heavy atom. The maximum atomic E-state index is 12.5. The second-order valence-corrected chi connectivity index (χ2v) is 6.44. The summed E-state index contributed by atoms with van der Waals surface area (Å²) in [7, 11) is 0. The largest absolute Gasteiger partial charge is 0.345 e. The van der Waals surface area contributed by atoms with Crippen molar-refractivity contribution in [2.24, 2.45) is 0 Å². The van der Waals surface area contributed by atoms with E-state index in [-0.39, 0.29) is 18.0 Å². The fourth-order valence-electron chi connectivity index (χ4n) is 2.63. The molecule has 0 aliphatic rings. The Balaban J connectivity index is 1.82. The quantitative estimate of drug-likeness (QED) is 0.774. The SMILES string of the molecule is CC(C)n1ncc2cc(C(=O)N[C@@H](C)c3ccccc3Cl)cnc21. The molecule has 0 fully saturated rings. The van der Waals surface area contributed by atoms with Gasteiger partial charge in [-0.1, -0.05) is 29.8 Å². The molecular weight excluding hydrogens is 324 g/mol. The van der Waals surface area contributed by atoms with E-state index in [0.717, 1.165) is 16.6 Å². The molecular formula is C18H19ClN4O. The van der Waals surface area contributed by atoms with E-state index < -0.39 is 0 Å². The predicted octanol–water partition coefficient (Wildman–Crippen LogP) is 4.16. The van der Waals surface area contributed by atoms with Gasteiger partial charge in [0, 0.05) is 22.6 Å². The second-order valence-electron chi connectivity index (χ2n) is 6.04. The third kappa shape index (κ3) is 3.12. The molecule has 0 aliphatic heterocycles. The molecule has 0 saturated carbocycles. The Hall–Kier alpha value is -2.40. The molecule has 5 nitrogen and oxygen atoms in total. The average Bonchev–Trinajstić information content (AvgIpc) is 2.98. The van der Waals surface area contributed by atoms with Gasteiger partial charge >= 0.3 is 0 Å². The molecule has 3 aromatic rings. The number of nitrogens with zero attached hydrogens (tertiary/aromatic N) is 3.